The van der Waals surface area contributed by atoms with Crippen molar-refractivity contribution in [3.63, 3.8) is 0 Å². The van der Waals surface area contributed by atoms with Gasteiger partial charge in [0, 0.05) is 40.8 Å². The summed E-state index contributed by atoms with van der Waals surface area (Å²) in [6.07, 6.45) is 0.622. The molecule has 5 aromatic rings. The van der Waals surface area contributed by atoms with Gasteiger partial charge in [-0.3, -0.25) is 10.1 Å². The molecule has 0 aliphatic heterocycles. The van der Waals surface area contributed by atoms with Gasteiger partial charge in [0.05, 0.1) is 11.6 Å². The number of hydrogen-bond acceptors (Lipinski definition) is 5. The van der Waals surface area contributed by atoms with E-state index in [-0.39, 0.29) is 23.2 Å². The summed E-state index contributed by atoms with van der Waals surface area (Å²) in [6.45, 7) is 0.665. The molecule has 0 amide bonds. The number of H-pyrrole nitrogens is 2. The Hall–Kier alpha value is -3.69. The van der Waals surface area contributed by atoms with E-state index in [0.717, 1.165) is 11.6 Å². The van der Waals surface area contributed by atoms with Gasteiger partial charge in [0.2, 0.25) is 0 Å². The summed E-state index contributed by atoms with van der Waals surface area (Å²) in [4.78, 5) is 22.3. The van der Waals surface area contributed by atoms with E-state index in [2.05, 4.69) is 20.6 Å². The summed E-state index contributed by atoms with van der Waals surface area (Å²) in [5.74, 6) is 0.175. The van der Waals surface area contributed by atoms with Gasteiger partial charge in [-0.2, -0.15) is 0 Å². The van der Waals surface area contributed by atoms with Crippen LogP contribution >= 0.6 is 23.2 Å². The Bertz CT molecular complexity index is 1640. The van der Waals surface area contributed by atoms with Crippen molar-refractivity contribution in [3.05, 3.63) is 116 Å². The molecule has 0 aliphatic rings. The first-order valence-corrected chi connectivity index (χ1v) is 12.7. The predicted octanol–water partition coefficient (Wildman–Crippen LogP) is 5.69. The Kier molecular flexibility index (Phi) is 7.76. The molecule has 3 aromatic carbocycles. The number of imidazole rings is 1. The number of halogens is 3. The maximum absolute atomic E-state index is 14.1. The summed E-state index contributed by atoms with van der Waals surface area (Å²) >= 11 is 12.6. The lowest BCUT2D eigenvalue weighted by atomic mass is 10.1. The maximum Gasteiger partial charge on any atom is 0.252 e. The van der Waals surface area contributed by atoms with Crippen LogP contribution in [0.1, 0.15) is 23.0 Å². The zero-order valence-electron chi connectivity index (χ0n) is 20.1. The lowest BCUT2D eigenvalue weighted by Gasteiger charge is -2.18. The Morgan fingerprint density at radius 2 is 1.82 bits per heavy atom. The Labute approximate surface area is 227 Å². The van der Waals surface area contributed by atoms with Crippen molar-refractivity contribution in [1.29, 1.82) is 0 Å². The quantitative estimate of drug-likeness (QED) is 0.119. The van der Waals surface area contributed by atoms with Crippen LogP contribution in [0.4, 0.5) is 4.39 Å². The maximum atomic E-state index is 14.1. The Morgan fingerprint density at radius 1 is 1.00 bits per heavy atom. The molecule has 2 aromatic heterocycles. The standard InChI is InChI=1S/C28H24Cl2FN5O2/c29-19-7-8-21(31)18(11-19)14-32-15-33-23(10-16-4-2-1-3-5-16)28-35-26(27(30)36-28)17-6-9-22-20(12-17)24(37)13-25(38)34-22/h1-9,11-13,23,32-33H,10,14-15H2,(H,35,36)(H2,34,37,38)/t23-/m0/s1. The van der Waals surface area contributed by atoms with E-state index in [4.69, 9.17) is 28.2 Å². The minimum absolute atomic E-state index is 0.122. The molecule has 0 spiro atoms. The second-order valence-corrected chi connectivity index (χ2v) is 9.66. The number of aromatic nitrogens is 3. The van der Waals surface area contributed by atoms with Crippen LogP contribution in [0.3, 0.4) is 0 Å². The fraction of sp³-hybridized carbons (Fsp3) is 0.143. The highest BCUT2D eigenvalue weighted by atomic mass is 35.5. The molecular formula is C28H24Cl2FN5O2. The minimum Gasteiger partial charge on any atom is -0.507 e. The molecule has 5 rings (SSSR count). The van der Waals surface area contributed by atoms with E-state index in [1.54, 1.807) is 24.3 Å². The first kappa shape index (κ1) is 25.9. The largest absolute Gasteiger partial charge is 0.507 e. The fourth-order valence-electron chi connectivity index (χ4n) is 4.30. The first-order valence-electron chi connectivity index (χ1n) is 11.9. The highest BCUT2D eigenvalue weighted by molar-refractivity contribution is 6.32. The predicted molar refractivity (Wildman–Crippen MR) is 148 cm³/mol. The summed E-state index contributed by atoms with van der Waals surface area (Å²) in [5, 5.41) is 18.2. The topological polar surface area (TPSA) is 106 Å². The lowest BCUT2D eigenvalue weighted by molar-refractivity contribution is 0.468. The van der Waals surface area contributed by atoms with Crippen molar-refractivity contribution in [3.8, 4) is 17.0 Å². The second kappa shape index (κ2) is 11.4. The average molecular weight is 552 g/mol. The summed E-state index contributed by atoms with van der Waals surface area (Å²) < 4.78 is 14.1. The van der Waals surface area contributed by atoms with Crippen molar-refractivity contribution < 1.29 is 9.50 Å². The van der Waals surface area contributed by atoms with Crippen LogP contribution in [-0.2, 0) is 13.0 Å². The molecule has 0 unspecified atom stereocenters. The zero-order chi connectivity index (χ0) is 26.6. The van der Waals surface area contributed by atoms with Gasteiger partial charge < -0.3 is 20.4 Å². The molecule has 38 heavy (non-hydrogen) atoms. The van der Waals surface area contributed by atoms with E-state index < -0.39 is 0 Å². The zero-order valence-corrected chi connectivity index (χ0v) is 21.6. The monoisotopic (exact) mass is 551 g/mol. The fourth-order valence-corrected chi connectivity index (χ4v) is 4.74. The molecular weight excluding hydrogens is 528 g/mol. The van der Waals surface area contributed by atoms with Gasteiger partial charge in [-0.1, -0.05) is 59.6 Å². The van der Waals surface area contributed by atoms with E-state index in [9.17, 15) is 14.3 Å². The molecule has 0 saturated carbocycles. The molecule has 5 N–H and O–H groups in total. The number of nitrogens with one attached hydrogen (secondary N) is 4. The number of rotatable bonds is 9. The smallest absolute Gasteiger partial charge is 0.252 e. The number of fused-ring (bicyclic) bond motifs is 1. The van der Waals surface area contributed by atoms with Crippen LogP contribution in [0.2, 0.25) is 10.2 Å². The van der Waals surface area contributed by atoms with Gasteiger partial charge in [0.15, 0.2) is 0 Å². The van der Waals surface area contributed by atoms with Gasteiger partial charge in [0.1, 0.15) is 28.2 Å². The van der Waals surface area contributed by atoms with Crippen molar-refractivity contribution in [2.45, 2.75) is 19.0 Å². The highest BCUT2D eigenvalue weighted by Gasteiger charge is 2.20. The third-order valence-electron chi connectivity index (χ3n) is 6.18. The van der Waals surface area contributed by atoms with Gasteiger partial charge in [-0.05, 0) is 42.3 Å². The molecule has 0 radical (unpaired) electrons. The lowest BCUT2D eigenvalue weighted by Crippen LogP contribution is -2.33. The SMILES string of the molecule is O=c1cc(O)c2cc(-c3nc([C@H](Cc4ccccc4)NCNCc4cc(Cl)ccc4F)[nH]c3Cl)ccc2[nH]1. The minimum atomic E-state index is -0.385. The molecule has 0 aliphatic carbocycles. The van der Waals surface area contributed by atoms with Crippen LogP contribution in [0.15, 0.2) is 77.6 Å². The Balaban J connectivity index is 1.38. The van der Waals surface area contributed by atoms with E-state index in [1.165, 1.54) is 12.1 Å². The third kappa shape index (κ3) is 5.89. The number of pyridine rings is 1. The van der Waals surface area contributed by atoms with E-state index >= 15 is 0 Å². The van der Waals surface area contributed by atoms with Gasteiger partial charge in [-0.25, -0.2) is 9.37 Å². The van der Waals surface area contributed by atoms with Crippen LogP contribution in [0, 0.1) is 5.82 Å². The number of benzene rings is 3. The number of nitrogens with zero attached hydrogens (tertiary/aromatic N) is 1. The van der Waals surface area contributed by atoms with Crippen molar-refractivity contribution in [1.82, 2.24) is 25.6 Å². The van der Waals surface area contributed by atoms with Crippen molar-refractivity contribution in [2.24, 2.45) is 0 Å². The number of aromatic amines is 2. The van der Waals surface area contributed by atoms with Crippen molar-refractivity contribution in [2.75, 3.05) is 6.67 Å². The number of hydrogen-bond donors (Lipinski definition) is 5. The van der Waals surface area contributed by atoms with Crippen LogP contribution in [-0.4, -0.2) is 26.7 Å². The van der Waals surface area contributed by atoms with Crippen LogP contribution < -0.4 is 16.2 Å². The Morgan fingerprint density at radius 3 is 2.63 bits per heavy atom. The van der Waals surface area contributed by atoms with Crippen molar-refractivity contribution >= 4 is 34.1 Å². The highest BCUT2D eigenvalue weighted by Crippen LogP contribution is 2.32. The van der Waals surface area contributed by atoms with Gasteiger partial charge in [0.25, 0.3) is 5.56 Å². The number of aromatic hydroxyl groups is 1. The third-order valence-corrected chi connectivity index (χ3v) is 6.69. The summed E-state index contributed by atoms with van der Waals surface area (Å²) in [5.41, 5.74) is 2.90. The molecule has 0 fully saturated rings. The van der Waals surface area contributed by atoms with E-state index in [0.29, 0.717) is 63.4 Å². The molecule has 7 nitrogen and oxygen atoms in total. The van der Waals surface area contributed by atoms with Crippen LogP contribution in [0.5, 0.6) is 5.75 Å². The molecule has 1 atom stereocenters. The van der Waals surface area contributed by atoms with E-state index in [1.807, 2.05) is 30.3 Å². The van der Waals surface area contributed by atoms with Gasteiger partial charge in [-0.15, -0.1) is 0 Å². The molecule has 0 saturated heterocycles. The molecule has 10 heteroatoms. The summed E-state index contributed by atoms with van der Waals surface area (Å²) in [6, 6.07) is 20.5. The average Bonchev–Trinajstić information content (AvgIpc) is 3.29. The first-order chi connectivity index (χ1) is 18.4. The molecule has 2 heterocycles. The summed E-state index contributed by atoms with van der Waals surface area (Å²) in [7, 11) is 0. The van der Waals surface area contributed by atoms with Gasteiger partial charge >= 0.3 is 0 Å². The second-order valence-electron chi connectivity index (χ2n) is 8.85. The molecule has 0 bridgehead atoms. The normalized spacial score (nSPS) is 12.2. The van der Waals surface area contributed by atoms with Crippen LogP contribution in [0.25, 0.3) is 22.2 Å². The molecule has 194 valence electrons.